The van der Waals surface area contributed by atoms with Crippen LogP contribution in [0.15, 0.2) is 65.4 Å². The average Bonchev–Trinajstić information content (AvgIpc) is 3.53. The predicted octanol–water partition coefficient (Wildman–Crippen LogP) is 12.2. The molecule has 0 atom stereocenters. The van der Waals surface area contributed by atoms with Crippen molar-refractivity contribution in [2.45, 2.75) is 108 Å². The Bertz CT molecular complexity index is 1410. The first-order chi connectivity index (χ1) is 19.7. The molecule has 224 valence electrons. The fourth-order valence-corrected chi connectivity index (χ4v) is 4.47. The van der Waals surface area contributed by atoms with E-state index in [0.29, 0.717) is 0 Å². The van der Waals surface area contributed by atoms with Gasteiger partial charge in [-0.2, -0.15) is 0 Å². The van der Waals surface area contributed by atoms with Crippen LogP contribution in [0.5, 0.6) is 0 Å². The summed E-state index contributed by atoms with van der Waals surface area (Å²) in [5.41, 5.74) is 3.57. The maximum absolute atomic E-state index is 15.6. The van der Waals surface area contributed by atoms with Crippen molar-refractivity contribution in [3.8, 4) is 17.1 Å². The van der Waals surface area contributed by atoms with E-state index in [1.807, 2.05) is 106 Å². The Morgan fingerprint density at radius 2 is 1.46 bits per heavy atom. The second-order valence-corrected chi connectivity index (χ2v) is 9.82. The van der Waals surface area contributed by atoms with E-state index in [2.05, 4.69) is 47.9 Å². The molecule has 0 saturated heterocycles. The van der Waals surface area contributed by atoms with E-state index in [1.54, 1.807) is 13.8 Å². The van der Waals surface area contributed by atoms with Crippen molar-refractivity contribution in [1.82, 2.24) is 9.55 Å². The van der Waals surface area contributed by atoms with Crippen LogP contribution in [0.25, 0.3) is 40.2 Å². The van der Waals surface area contributed by atoms with Crippen molar-refractivity contribution in [2.75, 3.05) is 0 Å². The molecule has 0 amide bonds. The smallest absolute Gasteiger partial charge is 0.144 e. The third-order valence-corrected chi connectivity index (χ3v) is 7.14. The molecule has 0 unspecified atom stereocenters. The third kappa shape index (κ3) is 7.47. The van der Waals surface area contributed by atoms with Crippen LogP contribution in [0.2, 0.25) is 0 Å². The van der Waals surface area contributed by atoms with Crippen molar-refractivity contribution in [3.63, 3.8) is 0 Å². The fourth-order valence-electron chi connectivity index (χ4n) is 4.47. The first kappa shape index (κ1) is 35.6. The van der Waals surface area contributed by atoms with Crippen LogP contribution in [-0.2, 0) is 5.41 Å². The molecule has 2 aromatic carbocycles. The summed E-state index contributed by atoms with van der Waals surface area (Å²) < 4.78 is 23.9. The molecule has 0 N–H and O–H groups in total. The summed E-state index contributed by atoms with van der Waals surface area (Å²) in [4.78, 5) is 4.76. The van der Waals surface area contributed by atoms with E-state index in [4.69, 9.17) is 9.40 Å². The number of halogens is 1. The lowest BCUT2D eigenvalue weighted by molar-refractivity contribution is 0.114. The first-order valence-electron chi connectivity index (χ1n) is 15.4. The predicted molar refractivity (Wildman–Crippen MR) is 180 cm³/mol. The van der Waals surface area contributed by atoms with Crippen LogP contribution in [0, 0.1) is 6.92 Å². The van der Waals surface area contributed by atoms with Gasteiger partial charge in [-0.25, -0.2) is 9.37 Å². The van der Waals surface area contributed by atoms with E-state index in [-0.39, 0.29) is 0 Å². The van der Waals surface area contributed by atoms with E-state index >= 15 is 4.39 Å². The number of hydrogen-bond donors (Lipinski definition) is 0. The zero-order valence-electron chi connectivity index (χ0n) is 27.8. The molecule has 0 aliphatic heterocycles. The molecule has 41 heavy (non-hydrogen) atoms. The number of aromatic nitrogens is 2. The normalized spacial score (nSPS) is 11.9. The van der Waals surface area contributed by atoms with Gasteiger partial charge in [0.25, 0.3) is 0 Å². The number of benzene rings is 2. The Morgan fingerprint density at radius 1 is 0.854 bits per heavy atom. The summed E-state index contributed by atoms with van der Waals surface area (Å²) in [6.07, 6.45) is 13.0. The van der Waals surface area contributed by atoms with Gasteiger partial charge >= 0.3 is 0 Å². The number of aryl methyl sites for hydroxylation is 1. The number of imidazole rings is 1. The molecule has 1 aliphatic carbocycles. The first-order valence-corrected chi connectivity index (χ1v) is 15.4. The number of para-hydroxylation sites is 1. The standard InChI is InChI=1S/C29H29FN2O.4C2H6/c1-19-11-9-10-13-24(19)32-16-15-31-27(32)22-17-21-20-12-7-6-8-14-25(20)33-26(21)18-23(22)28(2,3)29(4,5)30;4*1-2/h7-18H,6H2,1-5H3;4*1-2H3. The van der Waals surface area contributed by atoms with Gasteiger partial charge in [0.2, 0.25) is 0 Å². The molecule has 2 aromatic heterocycles. The van der Waals surface area contributed by atoms with Crippen molar-refractivity contribution in [1.29, 1.82) is 0 Å². The van der Waals surface area contributed by atoms with E-state index in [9.17, 15) is 0 Å². The number of hydrogen-bond acceptors (Lipinski definition) is 2. The van der Waals surface area contributed by atoms with Gasteiger partial charge in [-0.15, -0.1) is 0 Å². The number of fused-ring (bicyclic) bond motifs is 3. The molecular weight excluding hydrogens is 507 g/mol. The van der Waals surface area contributed by atoms with Crippen molar-refractivity contribution < 1.29 is 8.81 Å². The highest BCUT2D eigenvalue weighted by Gasteiger charge is 2.41. The average molecular weight is 561 g/mol. The summed E-state index contributed by atoms with van der Waals surface area (Å²) >= 11 is 0. The highest BCUT2D eigenvalue weighted by atomic mass is 19.1. The van der Waals surface area contributed by atoms with Crippen molar-refractivity contribution in [2.24, 2.45) is 0 Å². The van der Waals surface area contributed by atoms with Crippen molar-refractivity contribution in [3.05, 3.63) is 83.4 Å². The third-order valence-electron chi connectivity index (χ3n) is 7.14. The molecule has 5 rings (SSSR count). The number of allylic oxidation sites excluding steroid dienone is 2. The molecule has 3 nitrogen and oxygen atoms in total. The maximum Gasteiger partial charge on any atom is 0.144 e. The summed E-state index contributed by atoms with van der Waals surface area (Å²) in [6.45, 7) is 25.3. The molecule has 0 fully saturated rings. The van der Waals surface area contributed by atoms with Gasteiger partial charge in [0, 0.05) is 40.0 Å². The lowest BCUT2D eigenvalue weighted by Crippen LogP contribution is -2.39. The summed E-state index contributed by atoms with van der Waals surface area (Å²) in [6, 6.07) is 12.4. The lowest BCUT2D eigenvalue weighted by atomic mass is 9.71. The summed E-state index contributed by atoms with van der Waals surface area (Å²) in [5.74, 6) is 1.63. The number of furan rings is 1. The highest BCUT2D eigenvalue weighted by Crippen LogP contribution is 2.45. The molecular formula is C37H53FN2O. The van der Waals surface area contributed by atoms with Crippen LogP contribution in [0.1, 0.15) is 112 Å². The quantitative estimate of drug-likeness (QED) is 0.248. The van der Waals surface area contributed by atoms with E-state index in [1.165, 1.54) is 0 Å². The van der Waals surface area contributed by atoms with E-state index < -0.39 is 11.1 Å². The highest BCUT2D eigenvalue weighted by molar-refractivity contribution is 5.95. The number of rotatable bonds is 4. The molecule has 1 aliphatic rings. The van der Waals surface area contributed by atoms with Gasteiger partial charge < -0.3 is 4.42 Å². The molecule has 0 radical (unpaired) electrons. The summed E-state index contributed by atoms with van der Waals surface area (Å²) in [5, 5.41) is 1.01. The molecule has 2 heterocycles. The van der Waals surface area contributed by atoms with Gasteiger partial charge in [0.05, 0.1) is 0 Å². The monoisotopic (exact) mass is 560 g/mol. The largest absolute Gasteiger partial charge is 0.456 e. The molecule has 4 aromatic rings. The lowest BCUT2D eigenvalue weighted by Gasteiger charge is -2.37. The van der Waals surface area contributed by atoms with Crippen LogP contribution >= 0.6 is 0 Å². The Kier molecular flexibility index (Phi) is 14.0. The SMILES string of the molecule is CC.CC.CC.CC.Cc1ccccc1-n1ccnc1-c1cc2c3c(oc2cc1C(C)(C)C(C)(C)F)C=CCC=C3. The van der Waals surface area contributed by atoms with Gasteiger partial charge in [0.1, 0.15) is 22.8 Å². The number of nitrogens with zero attached hydrogens (tertiary/aromatic N) is 2. The fraction of sp³-hybridized carbons (Fsp3) is 0.432. The topological polar surface area (TPSA) is 31.0 Å². The minimum absolute atomic E-state index is 0.765. The Morgan fingerprint density at radius 3 is 2.07 bits per heavy atom. The Balaban J connectivity index is 0.000000969. The Hall–Kier alpha value is -3.40. The second kappa shape index (κ2) is 16.1. The van der Waals surface area contributed by atoms with Gasteiger partial charge in [-0.1, -0.05) is 106 Å². The number of alkyl halides is 1. The zero-order chi connectivity index (χ0) is 31.4. The van der Waals surface area contributed by atoms with E-state index in [0.717, 1.165) is 56.9 Å². The minimum Gasteiger partial charge on any atom is -0.456 e. The Labute approximate surface area is 249 Å². The molecule has 0 saturated carbocycles. The maximum atomic E-state index is 15.6. The van der Waals surface area contributed by atoms with Gasteiger partial charge in [-0.3, -0.25) is 4.57 Å². The van der Waals surface area contributed by atoms with Crippen LogP contribution < -0.4 is 0 Å². The van der Waals surface area contributed by atoms with Crippen molar-refractivity contribution >= 4 is 23.1 Å². The zero-order valence-corrected chi connectivity index (χ0v) is 27.8. The van der Waals surface area contributed by atoms with Crippen LogP contribution in [0.4, 0.5) is 4.39 Å². The minimum atomic E-state index is -1.46. The summed E-state index contributed by atoms with van der Waals surface area (Å²) in [7, 11) is 0. The molecule has 0 bridgehead atoms. The van der Waals surface area contributed by atoms with Gasteiger partial charge in [-0.05, 0) is 62.6 Å². The molecule has 0 spiro atoms. The molecule has 4 heteroatoms. The van der Waals surface area contributed by atoms with Gasteiger partial charge in [0.15, 0.2) is 0 Å². The van der Waals surface area contributed by atoms with Crippen LogP contribution in [0.3, 0.4) is 0 Å². The second-order valence-electron chi connectivity index (χ2n) is 9.82. The van der Waals surface area contributed by atoms with Crippen LogP contribution in [-0.4, -0.2) is 15.2 Å².